The molecule has 1 aromatic rings. The lowest BCUT2D eigenvalue weighted by molar-refractivity contribution is 0.886. The van der Waals surface area contributed by atoms with E-state index in [1.807, 2.05) is 0 Å². The van der Waals surface area contributed by atoms with Crippen LogP contribution in [0.4, 0.5) is 0 Å². The predicted molar refractivity (Wildman–Crippen MR) is 70.1 cm³/mol. The highest BCUT2D eigenvalue weighted by molar-refractivity contribution is 6.94. The molecule has 1 aliphatic carbocycles. The summed E-state index contributed by atoms with van der Waals surface area (Å²) in [5, 5.41) is 1.56. The van der Waals surface area contributed by atoms with Crippen LogP contribution in [0.3, 0.4) is 0 Å². The minimum atomic E-state index is -1.31. The second kappa shape index (κ2) is 4.36. The van der Waals surface area contributed by atoms with Gasteiger partial charge in [0, 0.05) is 0 Å². The van der Waals surface area contributed by atoms with Gasteiger partial charge >= 0.3 is 0 Å². The molecule has 0 N–H and O–H groups in total. The summed E-state index contributed by atoms with van der Waals surface area (Å²) in [4.78, 5) is 0. The molecular weight excluding hydrogens is 196 g/mol. The minimum Gasteiger partial charge on any atom is -0.0911 e. The Morgan fingerprint density at radius 1 is 1.00 bits per heavy atom. The highest BCUT2D eigenvalue weighted by Crippen LogP contribution is 2.25. The van der Waals surface area contributed by atoms with E-state index in [1.54, 1.807) is 10.8 Å². The molecule has 0 radical (unpaired) electrons. The fourth-order valence-electron chi connectivity index (χ4n) is 2.43. The number of hydrogen-bond acceptors (Lipinski definition) is 0. The normalized spacial score (nSPS) is 16.8. The Morgan fingerprint density at radius 3 is 2.20 bits per heavy atom. The van der Waals surface area contributed by atoms with E-state index in [9.17, 15) is 0 Å². The summed E-state index contributed by atoms with van der Waals surface area (Å²) in [5.74, 6) is 0. The Kier molecular flexibility index (Phi) is 3.10. The van der Waals surface area contributed by atoms with Gasteiger partial charge < -0.3 is 0 Å². The first-order valence-electron chi connectivity index (χ1n) is 5.95. The maximum absolute atomic E-state index is 2.62. The van der Waals surface area contributed by atoms with Crippen molar-refractivity contribution in [1.82, 2.24) is 0 Å². The third-order valence-corrected chi connectivity index (χ3v) is 6.28. The molecule has 0 saturated heterocycles. The van der Waals surface area contributed by atoms with Gasteiger partial charge in [0.2, 0.25) is 0 Å². The van der Waals surface area contributed by atoms with E-state index in [-0.39, 0.29) is 0 Å². The zero-order chi connectivity index (χ0) is 10.7. The smallest absolute Gasteiger partial charge is 0.0911 e. The number of allylic oxidation sites excluding steroid dienone is 1. The molecular formula is C14H20Si. The SMILES string of the molecule is C[Si](C)(C=C1CCCC1)c1ccccc1. The summed E-state index contributed by atoms with van der Waals surface area (Å²) in [6.07, 6.45) is 5.52. The van der Waals surface area contributed by atoms with Crippen molar-refractivity contribution in [3.05, 3.63) is 41.6 Å². The Labute approximate surface area is 94.0 Å². The van der Waals surface area contributed by atoms with E-state index in [2.05, 4.69) is 49.1 Å². The average Bonchev–Trinajstić information content (AvgIpc) is 2.71. The van der Waals surface area contributed by atoms with Gasteiger partial charge in [-0.1, -0.05) is 59.9 Å². The van der Waals surface area contributed by atoms with Crippen LogP contribution >= 0.6 is 0 Å². The summed E-state index contributed by atoms with van der Waals surface area (Å²) in [7, 11) is -1.31. The van der Waals surface area contributed by atoms with E-state index in [4.69, 9.17) is 0 Å². The molecule has 80 valence electrons. The van der Waals surface area contributed by atoms with Crippen molar-refractivity contribution in [1.29, 1.82) is 0 Å². The van der Waals surface area contributed by atoms with E-state index < -0.39 is 8.07 Å². The molecule has 0 aromatic heterocycles. The van der Waals surface area contributed by atoms with E-state index in [0.717, 1.165) is 0 Å². The van der Waals surface area contributed by atoms with Crippen LogP contribution in [-0.4, -0.2) is 8.07 Å². The van der Waals surface area contributed by atoms with Gasteiger partial charge in [-0.2, -0.15) is 0 Å². The quantitative estimate of drug-likeness (QED) is 0.662. The predicted octanol–water partition coefficient (Wildman–Crippen LogP) is 3.64. The van der Waals surface area contributed by atoms with Crippen molar-refractivity contribution in [2.45, 2.75) is 38.8 Å². The molecule has 0 amide bonds. The van der Waals surface area contributed by atoms with E-state index >= 15 is 0 Å². The highest BCUT2D eigenvalue weighted by atomic mass is 28.3. The highest BCUT2D eigenvalue weighted by Gasteiger charge is 2.21. The summed E-state index contributed by atoms with van der Waals surface area (Å²) in [5.41, 5.74) is 4.34. The fourth-order valence-corrected chi connectivity index (χ4v) is 4.96. The monoisotopic (exact) mass is 216 g/mol. The maximum atomic E-state index is 2.62. The minimum absolute atomic E-state index is 1.31. The van der Waals surface area contributed by atoms with Gasteiger partial charge in [0.1, 0.15) is 8.07 Å². The van der Waals surface area contributed by atoms with Gasteiger partial charge in [-0.05, 0) is 25.7 Å². The van der Waals surface area contributed by atoms with Gasteiger partial charge in [-0.3, -0.25) is 0 Å². The molecule has 1 fully saturated rings. The Balaban J connectivity index is 2.23. The molecule has 1 aliphatic rings. The maximum Gasteiger partial charge on any atom is 0.104 e. The lowest BCUT2D eigenvalue weighted by atomic mass is 10.3. The van der Waals surface area contributed by atoms with Crippen molar-refractivity contribution >= 4 is 13.3 Å². The molecule has 2 rings (SSSR count). The van der Waals surface area contributed by atoms with Crippen molar-refractivity contribution in [3.63, 3.8) is 0 Å². The molecule has 0 bridgehead atoms. The van der Waals surface area contributed by atoms with E-state index in [1.165, 1.54) is 25.7 Å². The molecule has 0 aliphatic heterocycles. The van der Waals surface area contributed by atoms with Crippen LogP contribution in [0.5, 0.6) is 0 Å². The van der Waals surface area contributed by atoms with Gasteiger partial charge in [0.25, 0.3) is 0 Å². The summed E-state index contributed by atoms with van der Waals surface area (Å²) in [6, 6.07) is 11.0. The van der Waals surface area contributed by atoms with Crippen LogP contribution in [0.2, 0.25) is 13.1 Å². The van der Waals surface area contributed by atoms with Crippen molar-refractivity contribution in [2.75, 3.05) is 0 Å². The molecule has 0 unspecified atom stereocenters. The zero-order valence-electron chi connectivity index (χ0n) is 9.79. The van der Waals surface area contributed by atoms with Gasteiger partial charge in [0.05, 0.1) is 0 Å². The first-order valence-corrected chi connectivity index (χ1v) is 9.02. The van der Waals surface area contributed by atoms with Gasteiger partial charge in [0.15, 0.2) is 0 Å². The Hall–Kier alpha value is -0.823. The van der Waals surface area contributed by atoms with Crippen LogP contribution < -0.4 is 5.19 Å². The standard InChI is InChI=1S/C14H20Si/c1-15(2,12-13-8-6-7-9-13)14-10-4-3-5-11-14/h3-5,10-12H,6-9H2,1-2H3. The third kappa shape index (κ3) is 2.60. The largest absolute Gasteiger partial charge is 0.104 e. The molecule has 0 atom stereocenters. The van der Waals surface area contributed by atoms with Crippen molar-refractivity contribution < 1.29 is 0 Å². The second-order valence-electron chi connectivity index (χ2n) is 5.10. The lowest BCUT2D eigenvalue weighted by Gasteiger charge is -2.19. The third-order valence-electron chi connectivity index (χ3n) is 3.33. The molecule has 0 heterocycles. The Bertz CT molecular complexity index is 341. The van der Waals surface area contributed by atoms with Crippen molar-refractivity contribution in [2.24, 2.45) is 0 Å². The van der Waals surface area contributed by atoms with Crippen LogP contribution in [-0.2, 0) is 0 Å². The second-order valence-corrected chi connectivity index (χ2v) is 9.41. The zero-order valence-corrected chi connectivity index (χ0v) is 10.8. The lowest BCUT2D eigenvalue weighted by Crippen LogP contribution is -2.39. The van der Waals surface area contributed by atoms with Crippen LogP contribution in [0.15, 0.2) is 41.6 Å². The van der Waals surface area contributed by atoms with Gasteiger partial charge in [-0.15, -0.1) is 0 Å². The van der Waals surface area contributed by atoms with Crippen LogP contribution in [0, 0.1) is 0 Å². The first-order chi connectivity index (χ1) is 7.18. The summed E-state index contributed by atoms with van der Waals surface area (Å²) >= 11 is 0. The Morgan fingerprint density at radius 2 is 1.60 bits per heavy atom. The van der Waals surface area contributed by atoms with Gasteiger partial charge in [-0.25, -0.2) is 0 Å². The van der Waals surface area contributed by atoms with E-state index in [0.29, 0.717) is 0 Å². The number of hydrogen-bond donors (Lipinski definition) is 0. The van der Waals surface area contributed by atoms with Crippen LogP contribution in [0.1, 0.15) is 25.7 Å². The molecule has 15 heavy (non-hydrogen) atoms. The first kappa shape index (κ1) is 10.7. The topological polar surface area (TPSA) is 0 Å². The average molecular weight is 216 g/mol. The molecule has 1 aromatic carbocycles. The van der Waals surface area contributed by atoms with Crippen LogP contribution in [0.25, 0.3) is 0 Å². The molecule has 0 spiro atoms. The van der Waals surface area contributed by atoms with Crippen molar-refractivity contribution in [3.8, 4) is 0 Å². The fraction of sp³-hybridized carbons (Fsp3) is 0.429. The molecule has 1 saturated carbocycles. The number of benzene rings is 1. The summed E-state index contributed by atoms with van der Waals surface area (Å²) < 4.78 is 0. The summed E-state index contributed by atoms with van der Waals surface area (Å²) in [6.45, 7) is 4.90. The molecule has 1 heteroatoms. The molecule has 0 nitrogen and oxygen atoms in total. The number of rotatable bonds is 2.